The fourth-order valence-corrected chi connectivity index (χ4v) is 2.45. The average Bonchev–Trinajstić information content (AvgIpc) is 3.03. The number of carbonyl (C=O) groups excluding carboxylic acids is 2. The van der Waals surface area contributed by atoms with E-state index in [9.17, 15) is 9.59 Å². The Labute approximate surface area is 137 Å². The van der Waals surface area contributed by atoms with Gasteiger partial charge < -0.3 is 9.64 Å². The molecule has 0 saturated carbocycles. The van der Waals surface area contributed by atoms with Gasteiger partial charge in [-0.05, 0) is 25.7 Å². The van der Waals surface area contributed by atoms with Crippen molar-refractivity contribution in [2.45, 2.75) is 85.6 Å². The van der Waals surface area contributed by atoms with E-state index in [1.54, 1.807) is 7.11 Å². The van der Waals surface area contributed by atoms with Crippen LogP contribution in [0.4, 0.5) is 0 Å². The molecule has 22 heavy (non-hydrogen) atoms. The number of hydrogen-bond donors (Lipinski definition) is 0. The Morgan fingerprint density at radius 3 is 2.23 bits per heavy atom. The molecule has 0 N–H and O–H groups in total. The van der Waals surface area contributed by atoms with Crippen molar-refractivity contribution >= 4 is 11.7 Å². The van der Waals surface area contributed by atoms with E-state index in [0.717, 1.165) is 32.2 Å². The number of Topliss-reactive ketones (excluding diaryl/α,β-unsaturated/α-hetero) is 1. The Kier molecular flexibility index (Phi) is 17.5. The molecule has 1 heterocycles. The van der Waals surface area contributed by atoms with Gasteiger partial charge in [-0.15, -0.1) is 0 Å². The molecule has 0 spiro atoms. The quantitative estimate of drug-likeness (QED) is 0.630. The van der Waals surface area contributed by atoms with E-state index in [4.69, 9.17) is 4.74 Å². The predicted molar refractivity (Wildman–Crippen MR) is 93.1 cm³/mol. The van der Waals surface area contributed by atoms with Gasteiger partial charge in [-0.1, -0.05) is 34.6 Å². The van der Waals surface area contributed by atoms with Gasteiger partial charge in [-0.3, -0.25) is 9.59 Å². The Morgan fingerprint density at radius 2 is 1.68 bits per heavy atom. The highest BCUT2D eigenvalue weighted by atomic mass is 16.5. The number of rotatable bonds is 8. The van der Waals surface area contributed by atoms with Gasteiger partial charge in [0, 0.05) is 32.9 Å². The van der Waals surface area contributed by atoms with E-state index >= 15 is 0 Å². The van der Waals surface area contributed by atoms with Crippen molar-refractivity contribution in [3.8, 4) is 0 Å². The van der Waals surface area contributed by atoms with Crippen molar-refractivity contribution in [2.24, 2.45) is 0 Å². The van der Waals surface area contributed by atoms with E-state index in [0.29, 0.717) is 31.7 Å². The summed E-state index contributed by atoms with van der Waals surface area (Å²) in [5.74, 6) is 0.513. The number of amides is 1. The molecule has 1 aliphatic heterocycles. The van der Waals surface area contributed by atoms with Crippen LogP contribution in [-0.4, -0.2) is 42.9 Å². The van der Waals surface area contributed by atoms with Crippen LogP contribution in [-0.2, 0) is 14.3 Å². The average molecular weight is 315 g/mol. The van der Waals surface area contributed by atoms with Crippen LogP contribution in [0.15, 0.2) is 0 Å². The molecule has 1 atom stereocenters. The summed E-state index contributed by atoms with van der Waals surface area (Å²) in [5, 5.41) is 0. The lowest BCUT2D eigenvalue weighted by Gasteiger charge is -2.24. The van der Waals surface area contributed by atoms with Crippen LogP contribution in [0.3, 0.4) is 0 Å². The zero-order valence-corrected chi connectivity index (χ0v) is 15.6. The number of hydrogen-bond acceptors (Lipinski definition) is 3. The molecule has 132 valence electrons. The van der Waals surface area contributed by atoms with Gasteiger partial charge in [0.25, 0.3) is 0 Å². The van der Waals surface area contributed by atoms with Crippen LogP contribution in [0, 0.1) is 0 Å². The maximum atomic E-state index is 12.0. The molecule has 0 aromatic heterocycles. The Hall–Kier alpha value is -0.900. The Morgan fingerprint density at radius 1 is 1.09 bits per heavy atom. The fourth-order valence-electron chi connectivity index (χ4n) is 2.45. The minimum absolute atomic E-state index is 0.221. The van der Waals surface area contributed by atoms with Crippen molar-refractivity contribution in [3.63, 3.8) is 0 Å². The first-order valence-corrected chi connectivity index (χ1v) is 8.99. The lowest BCUT2D eigenvalue weighted by Crippen LogP contribution is -2.37. The molecule has 0 aliphatic carbocycles. The molecule has 4 heteroatoms. The topological polar surface area (TPSA) is 46.6 Å². The van der Waals surface area contributed by atoms with Crippen LogP contribution in [0.5, 0.6) is 0 Å². The monoisotopic (exact) mass is 315 g/mol. The summed E-state index contributed by atoms with van der Waals surface area (Å²) < 4.78 is 5.14. The van der Waals surface area contributed by atoms with E-state index in [1.807, 2.05) is 39.5 Å². The Bertz CT molecular complexity index is 280. The number of likely N-dealkylation sites (tertiary alicyclic amines) is 1. The van der Waals surface area contributed by atoms with E-state index in [1.165, 1.54) is 0 Å². The van der Waals surface area contributed by atoms with Crippen LogP contribution in [0.25, 0.3) is 0 Å². The molecule has 1 fully saturated rings. The zero-order chi connectivity index (χ0) is 17.4. The molecule has 1 aliphatic rings. The zero-order valence-electron chi connectivity index (χ0n) is 15.6. The summed E-state index contributed by atoms with van der Waals surface area (Å²) in [6.45, 7) is 11.4. The van der Waals surface area contributed by atoms with Gasteiger partial charge in [-0.25, -0.2) is 0 Å². The highest BCUT2D eigenvalue weighted by Gasteiger charge is 2.27. The van der Waals surface area contributed by atoms with E-state index < -0.39 is 0 Å². The van der Waals surface area contributed by atoms with E-state index in [-0.39, 0.29) is 11.9 Å². The second-order valence-corrected chi connectivity index (χ2v) is 4.94. The minimum Gasteiger partial charge on any atom is -0.383 e. The first-order valence-electron chi connectivity index (χ1n) is 8.99. The summed E-state index contributed by atoms with van der Waals surface area (Å²) in [4.78, 5) is 25.1. The van der Waals surface area contributed by atoms with Gasteiger partial charge in [0.15, 0.2) is 0 Å². The lowest BCUT2D eigenvalue weighted by molar-refractivity contribution is -0.133. The third-order valence-corrected chi connectivity index (χ3v) is 3.55. The Balaban J connectivity index is 0. The number of methoxy groups -OCH3 is 1. The summed E-state index contributed by atoms with van der Waals surface area (Å²) >= 11 is 0. The van der Waals surface area contributed by atoms with Crippen molar-refractivity contribution < 1.29 is 14.3 Å². The normalized spacial score (nSPS) is 16.3. The molecular formula is C18H37NO3. The number of carbonyl (C=O) groups is 2. The van der Waals surface area contributed by atoms with Gasteiger partial charge in [0.1, 0.15) is 5.78 Å². The van der Waals surface area contributed by atoms with Crippen molar-refractivity contribution in [2.75, 3.05) is 20.3 Å². The molecule has 0 aromatic carbocycles. The molecule has 0 radical (unpaired) electrons. The summed E-state index contributed by atoms with van der Waals surface area (Å²) in [6.07, 6.45) is 5.57. The molecular weight excluding hydrogens is 278 g/mol. The predicted octanol–water partition coefficient (Wildman–Crippen LogP) is 4.22. The second-order valence-electron chi connectivity index (χ2n) is 4.94. The molecule has 4 nitrogen and oxygen atoms in total. The maximum absolute atomic E-state index is 12.0. The third kappa shape index (κ3) is 9.93. The van der Waals surface area contributed by atoms with Gasteiger partial charge in [0.2, 0.25) is 5.91 Å². The van der Waals surface area contributed by atoms with Crippen molar-refractivity contribution in [1.29, 1.82) is 0 Å². The van der Waals surface area contributed by atoms with Crippen LogP contribution >= 0.6 is 0 Å². The second kappa shape index (κ2) is 16.5. The highest BCUT2D eigenvalue weighted by Crippen LogP contribution is 2.19. The summed E-state index contributed by atoms with van der Waals surface area (Å²) in [5.41, 5.74) is 0. The first kappa shape index (κ1) is 23.4. The third-order valence-electron chi connectivity index (χ3n) is 3.55. The number of ketones is 1. The summed E-state index contributed by atoms with van der Waals surface area (Å²) in [6, 6.07) is 0.264. The number of ether oxygens (including phenoxy) is 1. The fraction of sp³-hybridized carbons (Fsp3) is 0.889. The molecule has 1 rings (SSSR count). The van der Waals surface area contributed by atoms with Gasteiger partial charge >= 0.3 is 0 Å². The SMILES string of the molecule is CC.CC.CCC(=O)CCCCC(=O)N1CCCC1COC. The highest BCUT2D eigenvalue weighted by molar-refractivity contribution is 5.78. The largest absolute Gasteiger partial charge is 0.383 e. The van der Waals surface area contributed by atoms with Crippen molar-refractivity contribution in [3.05, 3.63) is 0 Å². The molecule has 1 saturated heterocycles. The van der Waals surface area contributed by atoms with Crippen LogP contribution in [0.2, 0.25) is 0 Å². The lowest BCUT2D eigenvalue weighted by atomic mass is 10.1. The minimum atomic E-state index is 0.221. The molecule has 0 bridgehead atoms. The van der Waals surface area contributed by atoms with E-state index in [2.05, 4.69) is 0 Å². The van der Waals surface area contributed by atoms with Crippen LogP contribution in [0.1, 0.15) is 79.6 Å². The standard InChI is InChI=1S/C14H25NO3.2C2H6/c1-3-13(16)8-4-5-9-14(17)15-10-6-7-12(15)11-18-2;2*1-2/h12H,3-11H2,1-2H3;2*1-2H3. The smallest absolute Gasteiger partial charge is 0.222 e. The maximum Gasteiger partial charge on any atom is 0.222 e. The summed E-state index contributed by atoms with van der Waals surface area (Å²) in [7, 11) is 1.68. The first-order chi connectivity index (χ1) is 10.7. The van der Waals surface area contributed by atoms with Gasteiger partial charge in [-0.2, -0.15) is 0 Å². The molecule has 0 aromatic rings. The molecule has 1 amide bonds. The number of nitrogens with zero attached hydrogens (tertiary/aromatic N) is 1. The molecule has 1 unspecified atom stereocenters. The van der Waals surface area contributed by atoms with Crippen LogP contribution < -0.4 is 0 Å². The number of unbranched alkanes of at least 4 members (excludes halogenated alkanes) is 1. The van der Waals surface area contributed by atoms with Gasteiger partial charge in [0.05, 0.1) is 12.6 Å². The van der Waals surface area contributed by atoms with Crippen molar-refractivity contribution in [1.82, 2.24) is 4.90 Å².